The average molecular weight is 528 g/mol. The Kier molecular flexibility index (Phi) is 9.09. The number of carbonyl (C=O) groups excluding carboxylic acids is 2. The number of halogens is 1. The van der Waals surface area contributed by atoms with E-state index in [-0.39, 0.29) is 30.8 Å². The van der Waals surface area contributed by atoms with Gasteiger partial charge in [0.2, 0.25) is 0 Å². The first-order chi connectivity index (χ1) is 16.8. The molecule has 0 aromatic carbocycles. The number of thiazole rings is 1. The first-order valence-corrected chi connectivity index (χ1v) is 13.4. The van der Waals surface area contributed by atoms with E-state index in [1.165, 1.54) is 31.3 Å². The molecule has 0 aliphatic carbocycles. The van der Waals surface area contributed by atoms with E-state index < -0.39 is 53.5 Å². The van der Waals surface area contributed by atoms with Crippen LogP contribution in [-0.2, 0) is 25.7 Å². The molecule has 0 bridgehead atoms. The lowest BCUT2D eigenvalue weighted by atomic mass is 9.73. The number of hydrogen-bond acceptors (Lipinski definition) is 9. The second-order valence-electron chi connectivity index (χ2n) is 10.9. The van der Waals surface area contributed by atoms with Crippen LogP contribution in [-0.4, -0.2) is 62.1 Å². The Bertz CT molecular complexity index is 979. The van der Waals surface area contributed by atoms with Gasteiger partial charge in [0.1, 0.15) is 16.6 Å². The molecule has 1 aromatic heterocycles. The molecule has 202 valence electrons. The molecular weight excluding hydrogens is 489 g/mol. The van der Waals surface area contributed by atoms with Crippen LogP contribution in [0.1, 0.15) is 77.4 Å². The predicted octanol–water partition coefficient (Wildman–Crippen LogP) is 3.57. The molecule has 0 spiro atoms. The molecule has 2 fully saturated rings. The smallest absolute Gasteiger partial charge is 0.309 e. The summed E-state index contributed by atoms with van der Waals surface area (Å²) in [7, 11) is 0. The van der Waals surface area contributed by atoms with E-state index in [1.54, 1.807) is 12.3 Å². The van der Waals surface area contributed by atoms with Gasteiger partial charge in [-0.1, -0.05) is 34.1 Å². The molecule has 0 radical (unpaired) electrons. The minimum absolute atomic E-state index is 0.0925. The van der Waals surface area contributed by atoms with Crippen LogP contribution >= 0.6 is 11.3 Å². The Labute approximate surface area is 215 Å². The first kappa shape index (κ1) is 28.8. The lowest BCUT2D eigenvalue weighted by Crippen LogP contribution is -2.45. The summed E-state index contributed by atoms with van der Waals surface area (Å²) in [6, 6.07) is 0. The second kappa shape index (κ2) is 11.3. The summed E-state index contributed by atoms with van der Waals surface area (Å²) in [6.07, 6.45) is -0.982. The molecule has 2 aliphatic heterocycles. The maximum atomic E-state index is 15.3. The number of fused-ring (bicyclic) bond motifs is 1. The standard InChI is InChI=1S/C26H38FNO7S/c1-14-7-6-8-26(5)20(35-26)10-18(17(27)9-16-13-36-21(12-29)28-16)34-22(31)11-19(30)25(3,4)24(33)15(2)23(14)32/h9,13-15,18-20,23,29-30,32H,6-8,10-12H2,1-5H3/t14-,15+,18-,19-,20-,23-,26+/m0/s1. The molecule has 8 nitrogen and oxygen atoms in total. The van der Waals surface area contributed by atoms with Gasteiger partial charge in [-0.3, -0.25) is 9.59 Å². The summed E-state index contributed by atoms with van der Waals surface area (Å²) < 4.78 is 26.7. The quantitative estimate of drug-likeness (QED) is 0.402. The van der Waals surface area contributed by atoms with Gasteiger partial charge in [0.15, 0.2) is 6.10 Å². The molecule has 36 heavy (non-hydrogen) atoms. The molecule has 2 saturated heterocycles. The number of esters is 1. The van der Waals surface area contributed by atoms with Crippen molar-refractivity contribution in [3.8, 4) is 0 Å². The molecule has 3 heterocycles. The molecule has 0 amide bonds. The van der Waals surface area contributed by atoms with Crippen molar-refractivity contribution in [2.24, 2.45) is 17.3 Å². The zero-order valence-electron chi connectivity index (χ0n) is 21.6. The van der Waals surface area contributed by atoms with Gasteiger partial charge in [0.05, 0.1) is 48.0 Å². The summed E-state index contributed by atoms with van der Waals surface area (Å²) >= 11 is 1.19. The van der Waals surface area contributed by atoms with Gasteiger partial charge in [0, 0.05) is 17.7 Å². The van der Waals surface area contributed by atoms with Gasteiger partial charge in [0.25, 0.3) is 0 Å². The SMILES string of the molecule is C[C@H]1CCC[C@@]2(C)O[C@H]2C[C@@H](C(F)=Cc2csc(CO)n2)OC(=O)C[C@H](O)C(C)(C)C(=O)[C@H](C)[C@H]1O. The van der Waals surface area contributed by atoms with Gasteiger partial charge in [-0.2, -0.15) is 0 Å². The van der Waals surface area contributed by atoms with Crippen LogP contribution in [0.4, 0.5) is 4.39 Å². The third-order valence-corrected chi connectivity index (χ3v) is 8.56. The van der Waals surface area contributed by atoms with Crippen molar-refractivity contribution < 1.29 is 38.8 Å². The highest BCUT2D eigenvalue weighted by molar-refractivity contribution is 7.09. The summed E-state index contributed by atoms with van der Waals surface area (Å²) in [5.74, 6) is -2.79. The average Bonchev–Trinajstić information content (AvgIpc) is 3.23. The normalized spacial score (nSPS) is 36.8. The Morgan fingerprint density at radius 3 is 2.61 bits per heavy atom. The first-order valence-electron chi connectivity index (χ1n) is 12.5. The fraction of sp³-hybridized carbons (Fsp3) is 0.731. The summed E-state index contributed by atoms with van der Waals surface area (Å²) in [4.78, 5) is 30.0. The highest BCUT2D eigenvalue weighted by atomic mass is 32.1. The number of carbonyl (C=O) groups is 2. The summed E-state index contributed by atoms with van der Waals surface area (Å²) in [5.41, 5.74) is -1.52. The molecule has 3 N–H and O–H groups in total. The van der Waals surface area contributed by atoms with E-state index in [2.05, 4.69) is 4.98 Å². The molecule has 0 saturated carbocycles. The van der Waals surface area contributed by atoms with E-state index in [1.807, 2.05) is 13.8 Å². The number of hydrogen-bond donors (Lipinski definition) is 3. The van der Waals surface area contributed by atoms with Crippen LogP contribution in [0.15, 0.2) is 11.2 Å². The Hall–Kier alpha value is -1.72. The number of ether oxygens (including phenoxy) is 2. The maximum absolute atomic E-state index is 15.3. The fourth-order valence-electron chi connectivity index (χ4n) is 4.88. The van der Waals surface area contributed by atoms with E-state index in [0.717, 1.165) is 6.42 Å². The highest BCUT2D eigenvalue weighted by Crippen LogP contribution is 2.45. The maximum Gasteiger partial charge on any atom is 0.309 e. The van der Waals surface area contributed by atoms with Crippen molar-refractivity contribution in [3.05, 3.63) is 21.9 Å². The number of rotatable bonds is 3. The van der Waals surface area contributed by atoms with Crippen molar-refractivity contribution in [2.75, 3.05) is 0 Å². The Balaban J connectivity index is 1.85. The molecule has 3 rings (SSSR count). The zero-order valence-corrected chi connectivity index (χ0v) is 22.4. The molecule has 0 unspecified atom stereocenters. The number of epoxide rings is 1. The molecule has 1 aromatic rings. The molecular formula is C26H38FNO7S. The number of cyclic esters (lactones) is 1. The highest BCUT2D eigenvalue weighted by Gasteiger charge is 2.53. The second-order valence-corrected chi connectivity index (χ2v) is 11.9. The van der Waals surface area contributed by atoms with Crippen LogP contribution in [0, 0.1) is 17.3 Å². The van der Waals surface area contributed by atoms with Crippen LogP contribution in [0.3, 0.4) is 0 Å². The largest absolute Gasteiger partial charge is 0.455 e. The van der Waals surface area contributed by atoms with Crippen molar-refractivity contribution in [2.45, 2.75) is 103 Å². The lowest BCUT2D eigenvalue weighted by molar-refractivity contribution is -0.155. The third-order valence-electron chi connectivity index (χ3n) is 7.70. The van der Waals surface area contributed by atoms with Gasteiger partial charge >= 0.3 is 5.97 Å². The van der Waals surface area contributed by atoms with Gasteiger partial charge in [-0.05, 0) is 31.8 Å². The van der Waals surface area contributed by atoms with Crippen LogP contribution in [0.5, 0.6) is 0 Å². The number of aromatic nitrogens is 1. The van der Waals surface area contributed by atoms with Gasteiger partial charge in [-0.15, -0.1) is 11.3 Å². The molecule has 7 atom stereocenters. The molecule has 2 aliphatic rings. The summed E-state index contributed by atoms with van der Waals surface area (Å²) in [6.45, 7) is 8.27. The number of Topliss-reactive ketones (excluding diaryl/α,β-unsaturated/α-hetero) is 1. The van der Waals surface area contributed by atoms with Crippen LogP contribution in [0.25, 0.3) is 6.08 Å². The van der Waals surface area contributed by atoms with E-state index in [0.29, 0.717) is 23.5 Å². The minimum Gasteiger partial charge on any atom is -0.455 e. The van der Waals surface area contributed by atoms with Crippen molar-refractivity contribution in [1.82, 2.24) is 4.98 Å². The van der Waals surface area contributed by atoms with Gasteiger partial charge < -0.3 is 24.8 Å². The van der Waals surface area contributed by atoms with Gasteiger partial charge in [-0.25, -0.2) is 9.37 Å². The Morgan fingerprint density at radius 2 is 1.97 bits per heavy atom. The number of aliphatic hydroxyl groups is 3. The fourth-order valence-corrected chi connectivity index (χ4v) is 5.49. The van der Waals surface area contributed by atoms with Crippen LogP contribution < -0.4 is 0 Å². The number of ketones is 1. The van der Waals surface area contributed by atoms with Crippen LogP contribution in [0.2, 0.25) is 0 Å². The van der Waals surface area contributed by atoms with E-state index in [4.69, 9.17) is 9.47 Å². The monoisotopic (exact) mass is 527 g/mol. The number of aliphatic hydroxyl groups excluding tert-OH is 3. The summed E-state index contributed by atoms with van der Waals surface area (Å²) in [5, 5.41) is 32.8. The van der Waals surface area contributed by atoms with E-state index >= 15 is 4.39 Å². The number of nitrogens with zero attached hydrogens (tertiary/aromatic N) is 1. The zero-order chi connectivity index (χ0) is 26.8. The van der Waals surface area contributed by atoms with E-state index in [9.17, 15) is 24.9 Å². The van der Waals surface area contributed by atoms with Crippen molar-refractivity contribution in [3.63, 3.8) is 0 Å². The third kappa shape index (κ3) is 6.58. The van der Waals surface area contributed by atoms with Crippen molar-refractivity contribution in [1.29, 1.82) is 0 Å². The topological polar surface area (TPSA) is 129 Å². The Morgan fingerprint density at radius 1 is 1.28 bits per heavy atom. The minimum atomic E-state index is -1.38. The lowest BCUT2D eigenvalue weighted by Gasteiger charge is -2.34. The predicted molar refractivity (Wildman–Crippen MR) is 132 cm³/mol. The van der Waals surface area contributed by atoms with Crippen molar-refractivity contribution >= 4 is 29.2 Å². The molecule has 10 heteroatoms.